The van der Waals surface area contributed by atoms with E-state index in [-0.39, 0.29) is 17.5 Å². The number of ether oxygens (including phenoxy) is 1. The lowest BCUT2D eigenvalue weighted by Gasteiger charge is -2.26. The number of aryl methyl sites for hydroxylation is 1. The summed E-state index contributed by atoms with van der Waals surface area (Å²) in [6.45, 7) is 1.65. The van der Waals surface area contributed by atoms with Gasteiger partial charge in [0, 0.05) is 12.0 Å². The highest BCUT2D eigenvalue weighted by molar-refractivity contribution is 5.37. The Labute approximate surface area is 160 Å². The summed E-state index contributed by atoms with van der Waals surface area (Å²) in [5, 5.41) is 17.7. The molecule has 1 aliphatic heterocycles. The van der Waals surface area contributed by atoms with Crippen LogP contribution >= 0.6 is 0 Å². The molecule has 0 bridgehead atoms. The van der Waals surface area contributed by atoms with Gasteiger partial charge >= 0.3 is 0 Å². The molecule has 10 heteroatoms. The lowest BCUT2D eigenvalue weighted by Crippen LogP contribution is -2.31. The third kappa shape index (κ3) is 5.36. The second-order valence-electron chi connectivity index (χ2n) is 6.37. The van der Waals surface area contributed by atoms with Gasteiger partial charge in [0.15, 0.2) is 5.82 Å². The molecule has 3 heterocycles. The molecule has 3 aromatic rings. The summed E-state index contributed by atoms with van der Waals surface area (Å²) >= 11 is 0. The van der Waals surface area contributed by atoms with Crippen molar-refractivity contribution in [2.75, 3.05) is 6.54 Å². The molecule has 0 saturated carbocycles. The Hall–Kier alpha value is -3.27. The van der Waals surface area contributed by atoms with Crippen LogP contribution in [0.4, 0.5) is 0 Å². The van der Waals surface area contributed by atoms with Crippen molar-refractivity contribution in [2.24, 2.45) is 7.05 Å². The van der Waals surface area contributed by atoms with Crippen LogP contribution in [-0.2, 0) is 23.2 Å². The highest BCUT2D eigenvalue weighted by Gasteiger charge is 2.28. The van der Waals surface area contributed by atoms with Crippen molar-refractivity contribution in [2.45, 2.75) is 31.4 Å². The first-order chi connectivity index (χ1) is 13.7. The van der Waals surface area contributed by atoms with Gasteiger partial charge in [0.05, 0.1) is 13.1 Å². The van der Waals surface area contributed by atoms with Crippen LogP contribution in [-0.4, -0.2) is 38.4 Å². The van der Waals surface area contributed by atoms with Gasteiger partial charge in [-0.3, -0.25) is 9.59 Å². The number of aromatic nitrogens is 5. The number of hydrogen-bond donors (Lipinski definition) is 2. The minimum atomic E-state index is -0.197. The number of aromatic amines is 1. The van der Waals surface area contributed by atoms with Gasteiger partial charge in [-0.25, -0.2) is 0 Å². The van der Waals surface area contributed by atoms with Crippen LogP contribution in [0.3, 0.4) is 0 Å². The Morgan fingerprint density at radius 2 is 2.18 bits per heavy atom. The molecule has 2 unspecified atom stereocenters. The predicted molar refractivity (Wildman–Crippen MR) is 98.1 cm³/mol. The van der Waals surface area contributed by atoms with Crippen LogP contribution in [0.2, 0.25) is 0 Å². The van der Waals surface area contributed by atoms with E-state index in [0.717, 1.165) is 24.9 Å². The second-order valence-corrected chi connectivity index (χ2v) is 6.37. The molecule has 148 valence electrons. The lowest BCUT2D eigenvalue weighted by molar-refractivity contribution is -0.129. The van der Waals surface area contributed by atoms with E-state index in [1.807, 2.05) is 30.3 Å². The van der Waals surface area contributed by atoms with Crippen LogP contribution in [0.5, 0.6) is 0 Å². The van der Waals surface area contributed by atoms with E-state index in [0.29, 0.717) is 24.7 Å². The molecule has 2 aromatic heterocycles. The molecule has 0 amide bonds. The van der Waals surface area contributed by atoms with Crippen molar-refractivity contribution in [1.82, 2.24) is 30.7 Å². The molecular formula is C18H22N6O4. The monoisotopic (exact) mass is 386 g/mol. The Morgan fingerprint density at radius 3 is 2.82 bits per heavy atom. The number of hydrogen-bond acceptors (Lipinski definition) is 8. The topological polar surface area (TPSA) is 128 Å². The van der Waals surface area contributed by atoms with Crippen molar-refractivity contribution in [1.29, 1.82) is 0 Å². The molecule has 2 atom stereocenters. The molecule has 1 saturated heterocycles. The summed E-state index contributed by atoms with van der Waals surface area (Å²) in [6, 6.07) is 11.1. The zero-order chi connectivity index (χ0) is 19.8. The van der Waals surface area contributed by atoms with E-state index in [1.165, 1.54) is 10.9 Å². The maximum absolute atomic E-state index is 11.1. The minimum absolute atomic E-state index is 0.0534. The molecule has 0 radical (unpaired) electrons. The van der Waals surface area contributed by atoms with Crippen LogP contribution in [0.1, 0.15) is 41.9 Å². The highest BCUT2D eigenvalue weighted by Crippen LogP contribution is 2.32. The molecule has 0 aliphatic carbocycles. The van der Waals surface area contributed by atoms with Gasteiger partial charge in [-0.05, 0) is 30.2 Å². The maximum atomic E-state index is 11.1. The number of piperidine rings is 1. The summed E-state index contributed by atoms with van der Waals surface area (Å²) in [6.07, 6.45) is 1.73. The maximum Gasteiger partial charge on any atom is 0.293 e. The summed E-state index contributed by atoms with van der Waals surface area (Å²) in [5.74, 6) is 1.59. The zero-order valence-electron chi connectivity index (χ0n) is 15.4. The average molecular weight is 386 g/mol. The molecule has 0 spiro atoms. The van der Waals surface area contributed by atoms with Crippen molar-refractivity contribution in [3.63, 3.8) is 0 Å². The fourth-order valence-electron chi connectivity index (χ4n) is 3.01. The van der Waals surface area contributed by atoms with Gasteiger partial charge in [0.2, 0.25) is 0 Å². The average Bonchev–Trinajstić information content (AvgIpc) is 3.36. The first-order valence-electron chi connectivity index (χ1n) is 8.90. The van der Waals surface area contributed by atoms with E-state index in [9.17, 15) is 9.59 Å². The Balaban J connectivity index is 0.000000192. The largest absolute Gasteiger partial charge is 0.463 e. The summed E-state index contributed by atoms with van der Waals surface area (Å²) in [5.41, 5.74) is 0.812. The van der Waals surface area contributed by atoms with E-state index in [2.05, 4.69) is 30.6 Å². The number of rotatable bonds is 5. The number of benzene rings is 1. The van der Waals surface area contributed by atoms with Crippen LogP contribution < -0.4 is 10.9 Å². The molecule has 2 N–H and O–H groups in total. The second kappa shape index (κ2) is 9.60. The van der Waals surface area contributed by atoms with Crippen molar-refractivity contribution in [3.8, 4) is 0 Å². The van der Waals surface area contributed by atoms with E-state index >= 15 is 0 Å². The highest BCUT2D eigenvalue weighted by atomic mass is 16.5. The first-order valence-corrected chi connectivity index (χ1v) is 8.90. The molecule has 28 heavy (non-hydrogen) atoms. The summed E-state index contributed by atoms with van der Waals surface area (Å²) in [4.78, 5) is 22.3. The number of nitrogens with one attached hydrogen (secondary N) is 2. The smallest absolute Gasteiger partial charge is 0.293 e. The fourth-order valence-corrected chi connectivity index (χ4v) is 3.01. The zero-order valence-corrected chi connectivity index (χ0v) is 15.4. The number of tetrazole rings is 1. The number of carbonyl (C=O) groups excluding carboxylic acids is 1. The number of nitrogens with zero attached hydrogens (tertiary/aromatic N) is 4. The third-order valence-electron chi connectivity index (χ3n) is 4.35. The van der Waals surface area contributed by atoms with Crippen molar-refractivity contribution < 1.29 is 14.1 Å². The van der Waals surface area contributed by atoms with Gasteiger partial charge in [-0.1, -0.05) is 30.3 Å². The van der Waals surface area contributed by atoms with Gasteiger partial charge in [0.25, 0.3) is 12.0 Å². The van der Waals surface area contributed by atoms with Gasteiger partial charge < -0.3 is 14.6 Å². The van der Waals surface area contributed by atoms with Crippen LogP contribution in [0, 0.1) is 0 Å². The van der Waals surface area contributed by atoms with Gasteiger partial charge in [-0.2, -0.15) is 9.95 Å². The number of H-pyrrole nitrogens is 1. The Kier molecular flexibility index (Phi) is 6.68. The van der Waals surface area contributed by atoms with Crippen LogP contribution in [0.25, 0.3) is 0 Å². The Morgan fingerprint density at radius 1 is 1.36 bits per heavy atom. The van der Waals surface area contributed by atoms with E-state index in [1.54, 1.807) is 7.05 Å². The fraction of sp³-hybridized carbons (Fsp3) is 0.389. The van der Waals surface area contributed by atoms with Crippen molar-refractivity contribution in [3.05, 3.63) is 63.9 Å². The molecule has 4 rings (SSSR count). The summed E-state index contributed by atoms with van der Waals surface area (Å²) < 4.78 is 9.71. The quantitative estimate of drug-likeness (QED) is 0.623. The normalized spacial score (nSPS) is 18.8. The van der Waals surface area contributed by atoms with Crippen LogP contribution in [0.15, 0.2) is 45.7 Å². The molecule has 1 aliphatic rings. The van der Waals surface area contributed by atoms with Gasteiger partial charge in [0.1, 0.15) is 12.4 Å². The third-order valence-corrected chi connectivity index (χ3v) is 4.35. The Bertz CT molecular complexity index is 919. The number of carbonyl (C=O) groups is 1. The van der Waals surface area contributed by atoms with Gasteiger partial charge in [-0.15, -0.1) is 10.2 Å². The lowest BCUT2D eigenvalue weighted by atomic mass is 9.90. The molecular weight excluding hydrogens is 364 g/mol. The standard InChI is InChI=1S/C10H14N6O2.C8H8O2/c1-16-13-10(12-15-16)7-4-6(2-3-11-7)8-5-9(17)14-18-8;9-7-10-6-8-4-2-1-3-5-8/h5-7,11H,2-4H2,1H3,(H,14,17);1-5,7H,6H2. The first kappa shape index (κ1) is 19.5. The minimum Gasteiger partial charge on any atom is -0.463 e. The summed E-state index contributed by atoms with van der Waals surface area (Å²) in [7, 11) is 1.74. The SMILES string of the molecule is Cn1nnc(C2CC(c3cc(=O)[nH]o3)CCN2)n1.O=COCc1ccccc1. The predicted octanol–water partition coefficient (Wildman–Crippen LogP) is 1.06. The molecule has 10 nitrogen and oxygen atoms in total. The molecule has 1 aromatic carbocycles. The van der Waals surface area contributed by atoms with E-state index < -0.39 is 0 Å². The molecule has 1 fully saturated rings. The van der Waals surface area contributed by atoms with E-state index in [4.69, 9.17) is 4.52 Å². The van der Waals surface area contributed by atoms with Crippen molar-refractivity contribution >= 4 is 6.47 Å².